The lowest BCUT2D eigenvalue weighted by Crippen LogP contribution is -2.32. The van der Waals surface area contributed by atoms with Crippen molar-refractivity contribution in [3.05, 3.63) is 30.1 Å². The fourth-order valence-corrected chi connectivity index (χ4v) is 2.35. The van der Waals surface area contributed by atoms with Crippen molar-refractivity contribution in [2.75, 3.05) is 6.54 Å². The highest BCUT2D eigenvalue weighted by Crippen LogP contribution is 2.12. The lowest BCUT2D eigenvalue weighted by molar-refractivity contribution is 0.556. The van der Waals surface area contributed by atoms with Crippen molar-refractivity contribution in [1.29, 1.82) is 0 Å². The van der Waals surface area contributed by atoms with Gasteiger partial charge in [0.1, 0.15) is 5.82 Å². The number of hydrogen-bond donors (Lipinski definition) is 1. The normalized spacial score (nSPS) is 13.9. The van der Waals surface area contributed by atoms with E-state index in [1.807, 2.05) is 13.8 Å². The van der Waals surface area contributed by atoms with Gasteiger partial charge in [0.25, 0.3) is 0 Å². The molecule has 1 aromatic carbocycles. The second-order valence-corrected chi connectivity index (χ2v) is 6.39. The van der Waals surface area contributed by atoms with Crippen molar-refractivity contribution in [1.82, 2.24) is 4.72 Å². The van der Waals surface area contributed by atoms with Gasteiger partial charge in [0.05, 0.1) is 4.90 Å². The van der Waals surface area contributed by atoms with E-state index < -0.39 is 15.8 Å². The number of hydrogen-bond acceptors (Lipinski definition) is 2. The highest BCUT2D eigenvalue weighted by molar-refractivity contribution is 7.89. The van der Waals surface area contributed by atoms with Gasteiger partial charge in [0.2, 0.25) is 10.0 Å². The van der Waals surface area contributed by atoms with E-state index in [1.54, 1.807) is 0 Å². The van der Waals surface area contributed by atoms with E-state index in [9.17, 15) is 12.8 Å². The van der Waals surface area contributed by atoms with Crippen LogP contribution in [0.25, 0.3) is 0 Å². The lowest BCUT2D eigenvalue weighted by atomic mass is 10.1. The van der Waals surface area contributed by atoms with E-state index in [0.29, 0.717) is 0 Å². The van der Waals surface area contributed by atoms with Gasteiger partial charge in [-0.15, -0.1) is 11.6 Å². The van der Waals surface area contributed by atoms with Crippen LogP contribution in [0.3, 0.4) is 0 Å². The van der Waals surface area contributed by atoms with Crippen LogP contribution in [0.2, 0.25) is 0 Å². The molecule has 0 radical (unpaired) electrons. The van der Waals surface area contributed by atoms with E-state index in [1.165, 1.54) is 12.1 Å². The minimum atomic E-state index is -3.61. The number of halogens is 2. The Kier molecular flexibility index (Phi) is 4.91. The summed E-state index contributed by atoms with van der Waals surface area (Å²) >= 11 is 5.95. The SMILES string of the molecule is CC(C)C(Cl)CNS(=O)(=O)c1ccc(F)cc1. The van der Waals surface area contributed by atoms with Gasteiger partial charge in [-0.2, -0.15) is 0 Å². The minimum absolute atomic E-state index is 0.0338. The third-order valence-corrected chi connectivity index (χ3v) is 4.41. The van der Waals surface area contributed by atoms with Crippen molar-refractivity contribution in [3.63, 3.8) is 0 Å². The van der Waals surface area contributed by atoms with Crippen molar-refractivity contribution in [2.45, 2.75) is 24.1 Å². The molecule has 0 aromatic heterocycles. The molecule has 0 aliphatic carbocycles. The molecular formula is C11H15ClFNO2S. The van der Waals surface area contributed by atoms with Crippen LogP contribution in [0.4, 0.5) is 4.39 Å². The van der Waals surface area contributed by atoms with E-state index in [0.717, 1.165) is 12.1 Å². The van der Waals surface area contributed by atoms with Crippen LogP contribution in [0, 0.1) is 11.7 Å². The average molecular weight is 280 g/mol. The van der Waals surface area contributed by atoms with Crippen LogP contribution in [0.15, 0.2) is 29.2 Å². The Morgan fingerprint density at radius 3 is 2.29 bits per heavy atom. The molecule has 1 rings (SSSR count). The smallest absolute Gasteiger partial charge is 0.210 e. The molecule has 1 unspecified atom stereocenters. The third kappa shape index (κ3) is 4.26. The first kappa shape index (κ1) is 14.4. The van der Waals surface area contributed by atoms with Gasteiger partial charge in [-0.25, -0.2) is 17.5 Å². The molecule has 0 amide bonds. The fourth-order valence-electron chi connectivity index (χ4n) is 1.12. The van der Waals surface area contributed by atoms with Crippen LogP contribution in [0.1, 0.15) is 13.8 Å². The summed E-state index contributed by atoms with van der Waals surface area (Å²) in [6, 6.07) is 4.65. The lowest BCUT2D eigenvalue weighted by Gasteiger charge is -2.14. The number of rotatable bonds is 5. The Morgan fingerprint density at radius 2 is 1.82 bits per heavy atom. The predicted molar refractivity (Wildman–Crippen MR) is 66.1 cm³/mol. The number of benzene rings is 1. The van der Waals surface area contributed by atoms with E-state index in [4.69, 9.17) is 11.6 Å². The zero-order valence-corrected chi connectivity index (χ0v) is 11.2. The Balaban J connectivity index is 2.72. The topological polar surface area (TPSA) is 46.2 Å². The number of alkyl halides is 1. The maximum atomic E-state index is 12.7. The summed E-state index contributed by atoms with van der Waals surface area (Å²) in [7, 11) is -3.61. The summed E-state index contributed by atoms with van der Waals surface area (Å²) in [5.74, 6) is -0.297. The fraction of sp³-hybridized carbons (Fsp3) is 0.455. The van der Waals surface area contributed by atoms with Crippen molar-refractivity contribution in [3.8, 4) is 0 Å². The summed E-state index contributed by atoms with van der Waals surface area (Å²) in [5, 5.41) is -0.273. The first-order valence-corrected chi connectivity index (χ1v) is 7.14. The van der Waals surface area contributed by atoms with Gasteiger partial charge < -0.3 is 0 Å². The zero-order chi connectivity index (χ0) is 13.1. The highest BCUT2D eigenvalue weighted by atomic mass is 35.5. The van der Waals surface area contributed by atoms with Crippen molar-refractivity contribution in [2.24, 2.45) is 5.92 Å². The summed E-state index contributed by atoms with van der Waals surface area (Å²) in [6.07, 6.45) is 0. The minimum Gasteiger partial charge on any atom is -0.210 e. The molecule has 0 spiro atoms. The molecule has 1 N–H and O–H groups in total. The van der Waals surface area contributed by atoms with Gasteiger partial charge >= 0.3 is 0 Å². The standard InChI is InChI=1S/C11H15ClFNO2S/c1-8(2)11(12)7-14-17(15,16)10-5-3-9(13)4-6-10/h3-6,8,11,14H,7H2,1-2H3. The average Bonchev–Trinajstić information content (AvgIpc) is 2.26. The van der Waals surface area contributed by atoms with E-state index >= 15 is 0 Å². The third-order valence-electron chi connectivity index (χ3n) is 2.32. The maximum absolute atomic E-state index is 12.7. The number of sulfonamides is 1. The van der Waals surface area contributed by atoms with Crippen molar-refractivity contribution >= 4 is 21.6 Å². The Morgan fingerprint density at radius 1 is 1.29 bits per heavy atom. The molecule has 0 aliphatic heterocycles. The van der Waals surface area contributed by atoms with Crippen LogP contribution in [-0.2, 0) is 10.0 Å². The molecule has 17 heavy (non-hydrogen) atoms. The molecule has 0 bridgehead atoms. The molecule has 6 heteroatoms. The molecule has 0 fully saturated rings. The second-order valence-electron chi connectivity index (χ2n) is 4.07. The van der Waals surface area contributed by atoms with Crippen molar-refractivity contribution < 1.29 is 12.8 Å². The molecular weight excluding hydrogens is 265 g/mol. The first-order valence-electron chi connectivity index (χ1n) is 5.22. The summed E-state index contributed by atoms with van der Waals surface area (Å²) in [6.45, 7) is 3.96. The van der Waals surface area contributed by atoms with Gasteiger partial charge in [0.15, 0.2) is 0 Å². The Labute approximate surface area is 106 Å². The predicted octanol–water partition coefficient (Wildman–Crippen LogP) is 2.37. The second kappa shape index (κ2) is 5.80. The molecule has 96 valence electrons. The molecule has 0 saturated heterocycles. The van der Waals surface area contributed by atoms with Crippen LogP contribution >= 0.6 is 11.6 Å². The molecule has 0 heterocycles. The highest BCUT2D eigenvalue weighted by Gasteiger charge is 2.17. The quantitative estimate of drug-likeness (QED) is 0.841. The Hall–Kier alpha value is -0.650. The van der Waals surface area contributed by atoms with Gasteiger partial charge in [-0.3, -0.25) is 0 Å². The molecule has 1 atom stereocenters. The number of nitrogens with one attached hydrogen (secondary N) is 1. The van der Waals surface area contributed by atoms with Gasteiger partial charge in [-0.05, 0) is 30.2 Å². The van der Waals surface area contributed by atoms with Crippen LogP contribution in [-0.4, -0.2) is 20.3 Å². The molecule has 0 aliphatic rings. The monoisotopic (exact) mass is 279 g/mol. The molecule has 3 nitrogen and oxygen atoms in total. The van der Waals surface area contributed by atoms with E-state index in [-0.39, 0.29) is 22.7 Å². The molecule has 1 aromatic rings. The van der Waals surface area contributed by atoms with E-state index in [2.05, 4.69) is 4.72 Å². The first-order chi connectivity index (χ1) is 7.83. The summed E-state index contributed by atoms with van der Waals surface area (Å²) in [4.78, 5) is 0.0338. The van der Waals surface area contributed by atoms with Gasteiger partial charge in [-0.1, -0.05) is 13.8 Å². The summed E-state index contributed by atoms with van der Waals surface area (Å²) < 4.78 is 38.6. The van der Waals surface area contributed by atoms with Crippen LogP contribution < -0.4 is 4.72 Å². The largest absolute Gasteiger partial charge is 0.240 e. The summed E-state index contributed by atoms with van der Waals surface area (Å²) in [5.41, 5.74) is 0. The zero-order valence-electron chi connectivity index (χ0n) is 9.65. The molecule has 0 saturated carbocycles. The Bertz CT molecular complexity index is 459. The van der Waals surface area contributed by atoms with Gasteiger partial charge in [0, 0.05) is 11.9 Å². The maximum Gasteiger partial charge on any atom is 0.240 e. The van der Waals surface area contributed by atoms with Crippen LogP contribution in [0.5, 0.6) is 0 Å².